The van der Waals surface area contributed by atoms with Crippen LogP contribution in [-0.2, 0) is 0 Å². The largest absolute Gasteiger partial charge is 0.271 e. The molecule has 4 heteroatoms. The Balaban J connectivity index is 1.76. The van der Waals surface area contributed by atoms with Crippen LogP contribution in [0.2, 0.25) is 0 Å². The van der Waals surface area contributed by atoms with E-state index in [0.717, 1.165) is 17.9 Å². The molecule has 1 saturated carbocycles. The summed E-state index contributed by atoms with van der Waals surface area (Å²) in [5, 5.41) is 2.09. The quantitative estimate of drug-likeness (QED) is 0.659. The van der Waals surface area contributed by atoms with Crippen molar-refractivity contribution in [2.75, 3.05) is 0 Å². The van der Waals surface area contributed by atoms with Crippen LogP contribution in [0.4, 0.5) is 0 Å². The van der Waals surface area contributed by atoms with Gasteiger partial charge in [0.1, 0.15) is 0 Å². The summed E-state index contributed by atoms with van der Waals surface area (Å²) in [5.41, 5.74) is 5.30. The second kappa shape index (κ2) is 5.99. The van der Waals surface area contributed by atoms with Crippen LogP contribution in [0, 0.1) is 5.92 Å². The van der Waals surface area contributed by atoms with Gasteiger partial charge in [-0.05, 0) is 35.4 Å². The van der Waals surface area contributed by atoms with Gasteiger partial charge in [0.25, 0.3) is 0 Å². The first-order chi connectivity index (χ1) is 9.36. The van der Waals surface area contributed by atoms with E-state index in [4.69, 9.17) is 5.84 Å². The minimum absolute atomic E-state index is 0.238. The monoisotopic (exact) mass is 275 g/mol. The van der Waals surface area contributed by atoms with Crippen molar-refractivity contribution in [3.63, 3.8) is 0 Å². The average Bonchev–Trinajstić information content (AvgIpc) is 2.93. The highest BCUT2D eigenvalue weighted by Gasteiger charge is 2.20. The Morgan fingerprint density at radius 1 is 1.37 bits per heavy atom. The molecule has 0 aromatic carbocycles. The number of nitrogens with one attached hydrogen (secondary N) is 1. The summed E-state index contributed by atoms with van der Waals surface area (Å²) in [5.74, 6) is 6.58. The zero-order valence-electron chi connectivity index (χ0n) is 11.1. The highest BCUT2D eigenvalue weighted by atomic mass is 32.1. The van der Waals surface area contributed by atoms with E-state index in [-0.39, 0.29) is 6.04 Å². The van der Waals surface area contributed by atoms with Crippen molar-refractivity contribution < 1.29 is 0 Å². The highest BCUT2D eigenvalue weighted by Crippen LogP contribution is 2.32. The molecule has 0 spiro atoms. The molecule has 0 radical (unpaired) electrons. The van der Waals surface area contributed by atoms with Gasteiger partial charge >= 0.3 is 0 Å². The van der Waals surface area contributed by atoms with Gasteiger partial charge in [-0.15, -0.1) is 11.3 Å². The van der Waals surface area contributed by atoms with E-state index < -0.39 is 0 Å². The van der Waals surface area contributed by atoms with Crippen molar-refractivity contribution in [1.82, 2.24) is 10.4 Å². The van der Waals surface area contributed by atoms with E-state index in [1.807, 2.05) is 6.20 Å². The van der Waals surface area contributed by atoms with E-state index in [1.54, 1.807) is 11.3 Å². The summed E-state index contributed by atoms with van der Waals surface area (Å²) in [6.45, 7) is 0. The van der Waals surface area contributed by atoms with Crippen LogP contribution >= 0.6 is 11.3 Å². The molecular formula is C15H21N3S. The minimum atomic E-state index is 0.238. The van der Waals surface area contributed by atoms with Crippen molar-refractivity contribution in [3.05, 3.63) is 29.3 Å². The number of nitrogens with zero attached hydrogens (tertiary/aromatic N) is 1. The lowest BCUT2D eigenvalue weighted by Gasteiger charge is -2.26. The van der Waals surface area contributed by atoms with Gasteiger partial charge in [0.05, 0.1) is 10.2 Å². The number of aromatic nitrogens is 1. The molecule has 1 aliphatic rings. The van der Waals surface area contributed by atoms with E-state index >= 15 is 0 Å². The van der Waals surface area contributed by atoms with Gasteiger partial charge in [-0.3, -0.25) is 16.3 Å². The third-order valence-corrected chi connectivity index (χ3v) is 5.07. The average molecular weight is 275 g/mol. The third kappa shape index (κ3) is 2.96. The molecule has 1 fully saturated rings. The fourth-order valence-electron chi connectivity index (χ4n) is 3.11. The maximum Gasteiger partial charge on any atom is 0.0809 e. The predicted molar refractivity (Wildman–Crippen MR) is 80.9 cm³/mol. The Labute approximate surface area is 118 Å². The Morgan fingerprint density at radius 2 is 2.21 bits per heavy atom. The zero-order valence-corrected chi connectivity index (χ0v) is 12.0. The molecular weight excluding hydrogens is 254 g/mol. The molecule has 1 aliphatic carbocycles. The molecule has 102 valence electrons. The van der Waals surface area contributed by atoms with Gasteiger partial charge in [-0.2, -0.15) is 0 Å². The van der Waals surface area contributed by atoms with E-state index in [1.165, 1.54) is 42.4 Å². The fourth-order valence-corrected chi connectivity index (χ4v) is 3.90. The third-order valence-electron chi connectivity index (χ3n) is 4.22. The Morgan fingerprint density at radius 3 is 3.00 bits per heavy atom. The van der Waals surface area contributed by atoms with Crippen LogP contribution in [0.1, 0.15) is 50.1 Å². The van der Waals surface area contributed by atoms with Gasteiger partial charge in [0, 0.05) is 12.2 Å². The molecule has 0 aliphatic heterocycles. The van der Waals surface area contributed by atoms with Gasteiger partial charge in [0.15, 0.2) is 0 Å². The Bertz CT molecular complexity index is 531. The van der Waals surface area contributed by atoms with Crippen LogP contribution in [-0.4, -0.2) is 4.98 Å². The number of nitrogens with two attached hydrogens (primary N) is 1. The highest BCUT2D eigenvalue weighted by molar-refractivity contribution is 7.17. The van der Waals surface area contributed by atoms with E-state index in [0.29, 0.717) is 0 Å². The van der Waals surface area contributed by atoms with Crippen molar-refractivity contribution >= 4 is 21.6 Å². The first kappa shape index (κ1) is 13.0. The number of hydrogen-bond donors (Lipinski definition) is 2. The topological polar surface area (TPSA) is 50.9 Å². The van der Waals surface area contributed by atoms with Crippen molar-refractivity contribution in [3.8, 4) is 0 Å². The molecule has 3 nitrogen and oxygen atoms in total. The summed E-state index contributed by atoms with van der Waals surface area (Å²) in [7, 11) is 0. The van der Waals surface area contributed by atoms with Crippen LogP contribution < -0.4 is 11.3 Å². The summed E-state index contributed by atoms with van der Waals surface area (Å²) in [4.78, 5) is 4.52. The summed E-state index contributed by atoms with van der Waals surface area (Å²) in [6.07, 6.45) is 9.98. The Kier molecular flexibility index (Phi) is 4.11. The molecule has 0 saturated heterocycles. The molecule has 3 rings (SSSR count). The van der Waals surface area contributed by atoms with Crippen LogP contribution in [0.3, 0.4) is 0 Å². The molecule has 19 heavy (non-hydrogen) atoms. The normalized spacial score (nSPS) is 18.8. The standard InChI is InChI=1S/C15H21N3S/c16-18-14(8-11-4-2-1-3-5-11)12-9-15-13(17-10-12)6-7-19-15/h6-7,9-11,14,18H,1-5,8,16H2. The van der Waals surface area contributed by atoms with Gasteiger partial charge in [-0.1, -0.05) is 32.1 Å². The van der Waals surface area contributed by atoms with E-state index in [9.17, 15) is 0 Å². The number of hydrogen-bond acceptors (Lipinski definition) is 4. The summed E-state index contributed by atoms with van der Waals surface area (Å²) >= 11 is 1.74. The van der Waals surface area contributed by atoms with Crippen LogP contribution in [0.15, 0.2) is 23.7 Å². The Hall–Kier alpha value is -0.970. The molecule has 0 amide bonds. The number of thiophene rings is 1. The maximum absolute atomic E-state index is 5.77. The van der Waals surface area contributed by atoms with E-state index in [2.05, 4.69) is 27.9 Å². The number of fused-ring (bicyclic) bond motifs is 1. The first-order valence-electron chi connectivity index (χ1n) is 7.16. The molecule has 2 aromatic rings. The van der Waals surface area contributed by atoms with Crippen molar-refractivity contribution in [2.45, 2.75) is 44.6 Å². The van der Waals surface area contributed by atoms with Crippen LogP contribution in [0.25, 0.3) is 10.2 Å². The predicted octanol–water partition coefficient (Wildman–Crippen LogP) is 3.77. The summed E-state index contributed by atoms with van der Waals surface area (Å²) in [6, 6.07) is 4.54. The smallest absolute Gasteiger partial charge is 0.0809 e. The fraction of sp³-hybridized carbons (Fsp3) is 0.533. The molecule has 2 heterocycles. The summed E-state index contributed by atoms with van der Waals surface area (Å²) < 4.78 is 1.25. The SMILES string of the molecule is NNC(CC1CCCCC1)c1cnc2ccsc2c1. The van der Waals surface area contributed by atoms with Crippen molar-refractivity contribution in [2.24, 2.45) is 11.8 Å². The second-order valence-corrected chi connectivity index (χ2v) is 6.48. The lowest BCUT2D eigenvalue weighted by molar-refractivity contribution is 0.301. The van der Waals surface area contributed by atoms with Gasteiger partial charge in [0.2, 0.25) is 0 Å². The second-order valence-electron chi connectivity index (χ2n) is 5.53. The number of hydrazine groups is 1. The zero-order chi connectivity index (χ0) is 13.1. The molecule has 0 bridgehead atoms. The molecule has 2 aromatic heterocycles. The van der Waals surface area contributed by atoms with Gasteiger partial charge < -0.3 is 0 Å². The molecule has 1 unspecified atom stereocenters. The minimum Gasteiger partial charge on any atom is -0.271 e. The maximum atomic E-state index is 5.77. The molecule has 1 atom stereocenters. The van der Waals surface area contributed by atoms with Gasteiger partial charge in [-0.25, -0.2) is 0 Å². The lowest BCUT2D eigenvalue weighted by atomic mass is 9.84. The molecule has 3 N–H and O–H groups in total. The first-order valence-corrected chi connectivity index (χ1v) is 8.04. The number of pyridine rings is 1. The number of rotatable bonds is 4. The van der Waals surface area contributed by atoms with Crippen LogP contribution in [0.5, 0.6) is 0 Å². The van der Waals surface area contributed by atoms with Crippen molar-refractivity contribution in [1.29, 1.82) is 0 Å². The lowest BCUT2D eigenvalue weighted by Crippen LogP contribution is -2.30.